The number of halogens is 1. The number of pyridine rings is 1. The molecule has 0 unspecified atom stereocenters. The first-order chi connectivity index (χ1) is 10.8. The van der Waals surface area contributed by atoms with Crippen LogP contribution in [-0.2, 0) is 16.1 Å². The summed E-state index contributed by atoms with van der Waals surface area (Å²) in [5.74, 6) is 0.894. The van der Waals surface area contributed by atoms with Crippen molar-refractivity contribution in [3.05, 3.63) is 30.1 Å². The smallest absolute Gasteiger partial charge is 0.223 e. The van der Waals surface area contributed by atoms with Crippen LogP contribution in [0.4, 0.5) is 0 Å². The van der Waals surface area contributed by atoms with Gasteiger partial charge in [-0.3, -0.25) is 9.78 Å². The standard InChI is InChI=1S/C17H27N3O2.ClH/c1-22-13-12-20(14-16-4-2-3-9-19-16)17(21)6-5-15-7-10-18-11-8-15;/h2-4,9,15,18H,5-8,10-14H2,1H3;1H. The van der Waals surface area contributed by atoms with E-state index in [1.165, 1.54) is 12.8 Å². The van der Waals surface area contributed by atoms with Crippen molar-refractivity contribution in [1.29, 1.82) is 0 Å². The summed E-state index contributed by atoms with van der Waals surface area (Å²) in [5, 5.41) is 3.37. The molecule has 1 fully saturated rings. The van der Waals surface area contributed by atoms with Gasteiger partial charge in [-0.15, -0.1) is 12.4 Å². The summed E-state index contributed by atoms with van der Waals surface area (Å²) in [4.78, 5) is 18.7. The van der Waals surface area contributed by atoms with Crippen molar-refractivity contribution in [3.8, 4) is 0 Å². The van der Waals surface area contributed by atoms with E-state index in [2.05, 4.69) is 10.3 Å². The lowest BCUT2D eigenvalue weighted by molar-refractivity contribution is -0.132. The quantitative estimate of drug-likeness (QED) is 0.788. The number of rotatable bonds is 8. The highest BCUT2D eigenvalue weighted by atomic mass is 35.5. The molecule has 6 heteroatoms. The van der Waals surface area contributed by atoms with Crippen LogP contribution in [0.25, 0.3) is 0 Å². The fourth-order valence-electron chi connectivity index (χ4n) is 2.84. The largest absolute Gasteiger partial charge is 0.383 e. The minimum Gasteiger partial charge on any atom is -0.383 e. The van der Waals surface area contributed by atoms with Crippen LogP contribution < -0.4 is 5.32 Å². The molecular weight excluding hydrogens is 314 g/mol. The minimum absolute atomic E-state index is 0. The van der Waals surface area contributed by atoms with Gasteiger partial charge in [0.05, 0.1) is 18.8 Å². The summed E-state index contributed by atoms with van der Waals surface area (Å²) < 4.78 is 5.13. The van der Waals surface area contributed by atoms with Crippen molar-refractivity contribution in [2.45, 2.75) is 32.2 Å². The van der Waals surface area contributed by atoms with Crippen molar-refractivity contribution in [2.75, 3.05) is 33.4 Å². The van der Waals surface area contributed by atoms with Crippen LogP contribution in [0, 0.1) is 5.92 Å². The molecule has 1 amide bonds. The first kappa shape index (κ1) is 19.9. The van der Waals surface area contributed by atoms with Gasteiger partial charge >= 0.3 is 0 Å². The van der Waals surface area contributed by atoms with Crippen LogP contribution in [0.15, 0.2) is 24.4 Å². The fourth-order valence-corrected chi connectivity index (χ4v) is 2.84. The van der Waals surface area contributed by atoms with Crippen LogP contribution >= 0.6 is 12.4 Å². The number of hydrogen-bond donors (Lipinski definition) is 1. The van der Waals surface area contributed by atoms with Gasteiger partial charge in [-0.1, -0.05) is 6.07 Å². The fraction of sp³-hybridized carbons (Fsp3) is 0.647. The summed E-state index contributed by atoms with van der Waals surface area (Å²) >= 11 is 0. The Labute approximate surface area is 145 Å². The number of piperidine rings is 1. The monoisotopic (exact) mass is 341 g/mol. The molecule has 1 aliphatic heterocycles. The van der Waals surface area contributed by atoms with Gasteiger partial charge in [0.15, 0.2) is 0 Å². The van der Waals surface area contributed by atoms with Gasteiger partial charge in [0, 0.05) is 26.3 Å². The zero-order valence-corrected chi connectivity index (χ0v) is 14.7. The molecule has 1 aromatic heterocycles. The normalized spacial score (nSPS) is 15.0. The molecule has 1 N–H and O–H groups in total. The number of nitrogens with one attached hydrogen (secondary N) is 1. The topological polar surface area (TPSA) is 54.5 Å². The second kappa shape index (κ2) is 11.4. The Morgan fingerprint density at radius 1 is 1.39 bits per heavy atom. The lowest BCUT2D eigenvalue weighted by atomic mass is 9.93. The SMILES string of the molecule is COCCN(Cc1ccccn1)C(=O)CCC1CCNCC1.Cl. The second-order valence-electron chi connectivity index (χ2n) is 5.86. The number of carbonyl (C=O) groups is 1. The Morgan fingerprint density at radius 3 is 2.83 bits per heavy atom. The molecule has 1 saturated heterocycles. The van der Waals surface area contributed by atoms with Gasteiger partial charge in [-0.05, 0) is 50.4 Å². The lowest BCUT2D eigenvalue weighted by Gasteiger charge is -2.25. The summed E-state index contributed by atoms with van der Waals surface area (Å²) in [6, 6.07) is 5.80. The third-order valence-electron chi connectivity index (χ3n) is 4.22. The number of amides is 1. The Bertz CT molecular complexity index is 439. The minimum atomic E-state index is 0. The maximum absolute atomic E-state index is 12.5. The van der Waals surface area contributed by atoms with Gasteiger partial charge in [-0.25, -0.2) is 0 Å². The highest BCUT2D eigenvalue weighted by molar-refractivity contribution is 5.85. The van der Waals surface area contributed by atoms with Crippen molar-refractivity contribution in [3.63, 3.8) is 0 Å². The summed E-state index contributed by atoms with van der Waals surface area (Å²) in [7, 11) is 1.67. The molecule has 0 saturated carbocycles. The zero-order valence-electron chi connectivity index (χ0n) is 13.9. The summed E-state index contributed by atoms with van der Waals surface area (Å²) in [6.45, 7) is 3.92. The van der Waals surface area contributed by atoms with E-state index in [1.807, 2.05) is 23.1 Å². The van der Waals surface area contributed by atoms with Gasteiger partial charge < -0.3 is 15.0 Å². The Hall–Kier alpha value is -1.17. The molecule has 1 aliphatic rings. The molecule has 2 rings (SSSR count). The average Bonchev–Trinajstić information content (AvgIpc) is 2.58. The van der Waals surface area contributed by atoms with Crippen molar-refractivity contribution in [1.82, 2.24) is 15.2 Å². The van der Waals surface area contributed by atoms with Gasteiger partial charge in [0.2, 0.25) is 5.91 Å². The lowest BCUT2D eigenvalue weighted by Crippen LogP contribution is -2.34. The van der Waals surface area contributed by atoms with E-state index in [1.54, 1.807) is 13.3 Å². The molecule has 2 heterocycles. The van der Waals surface area contributed by atoms with Gasteiger partial charge in [-0.2, -0.15) is 0 Å². The van der Waals surface area contributed by atoms with Crippen LogP contribution in [-0.4, -0.2) is 49.1 Å². The summed E-state index contributed by atoms with van der Waals surface area (Å²) in [6.07, 6.45) is 5.76. The zero-order chi connectivity index (χ0) is 15.6. The number of ether oxygens (including phenoxy) is 1. The maximum Gasteiger partial charge on any atom is 0.223 e. The predicted molar refractivity (Wildman–Crippen MR) is 93.6 cm³/mol. The first-order valence-corrected chi connectivity index (χ1v) is 8.17. The average molecular weight is 342 g/mol. The predicted octanol–water partition coefficient (Wildman–Crippen LogP) is 2.26. The first-order valence-electron chi connectivity index (χ1n) is 8.17. The van der Waals surface area contributed by atoms with Gasteiger partial charge in [0.25, 0.3) is 0 Å². The third-order valence-corrected chi connectivity index (χ3v) is 4.22. The number of nitrogens with zero attached hydrogens (tertiary/aromatic N) is 2. The van der Waals surface area contributed by atoms with E-state index < -0.39 is 0 Å². The van der Waals surface area contributed by atoms with E-state index in [0.717, 1.165) is 25.2 Å². The molecule has 0 spiro atoms. The Balaban J connectivity index is 0.00000264. The van der Waals surface area contributed by atoms with Gasteiger partial charge in [0.1, 0.15) is 0 Å². The molecule has 0 radical (unpaired) electrons. The number of methoxy groups -OCH3 is 1. The van der Waals surface area contributed by atoms with Crippen LogP contribution in [0.3, 0.4) is 0 Å². The van der Waals surface area contributed by atoms with E-state index in [4.69, 9.17) is 4.74 Å². The highest BCUT2D eigenvalue weighted by Gasteiger charge is 2.18. The third kappa shape index (κ3) is 7.29. The maximum atomic E-state index is 12.5. The summed E-state index contributed by atoms with van der Waals surface area (Å²) in [5.41, 5.74) is 0.925. The van der Waals surface area contributed by atoms with E-state index in [-0.39, 0.29) is 18.3 Å². The Morgan fingerprint density at radius 2 is 2.17 bits per heavy atom. The molecular formula is C17H28ClN3O2. The number of hydrogen-bond acceptors (Lipinski definition) is 4. The molecule has 5 nitrogen and oxygen atoms in total. The molecule has 1 aromatic rings. The van der Waals surface area contributed by atoms with Crippen molar-refractivity contribution >= 4 is 18.3 Å². The molecule has 0 aliphatic carbocycles. The molecule has 0 bridgehead atoms. The Kier molecular flexibility index (Phi) is 9.83. The molecule has 130 valence electrons. The van der Waals surface area contributed by atoms with Crippen LogP contribution in [0.1, 0.15) is 31.4 Å². The van der Waals surface area contributed by atoms with E-state index in [0.29, 0.717) is 32.0 Å². The highest BCUT2D eigenvalue weighted by Crippen LogP contribution is 2.18. The second-order valence-corrected chi connectivity index (χ2v) is 5.86. The van der Waals surface area contributed by atoms with E-state index >= 15 is 0 Å². The molecule has 0 atom stereocenters. The number of aromatic nitrogens is 1. The number of carbonyl (C=O) groups excluding carboxylic acids is 1. The van der Waals surface area contributed by atoms with Crippen LogP contribution in [0.2, 0.25) is 0 Å². The van der Waals surface area contributed by atoms with E-state index in [9.17, 15) is 4.79 Å². The molecule has 23 heavy (non-hydrogen) atoms. The van der Waals surface area contributed by atoms with Crippen molar-refractivity contribution in [2.24, 2.45) is 5.92 Å². The van der Waals surface area contributed by atoms with Crippen molar-refractivity contribution < 1.29 is 9.53 Å². The van der Waals surface area contributed by atoms with Crippen LogP contribution in [0.5, 0.6) is 0 Å². The molecule has 0 aromatic carbocycles.